The Morgan fingerprint density at radius 2 is 2.07 bits per heavy atom. The van der Waals surface area contributed by atoms with Gasteiger partial charge in [-0.3, -0.25) is 0 Å². The zero-order valence-electron chi connectivity index (χ0n) is 7.94. The highest BCUT2D eigenvalue weighted by Crippen LogP contribution is 2.38. The summed E-state index contributed by atoms with van der Waals surface area (Å²) in [5, 5.41) is 20.0. The van der Waals surface area contributed by atoms with Crippen molar-refractivity contribution < 1.29 is 10.2 Å². The normalized spacial score (nSPS) is 27.5. The Labute approximate surface area is 88.0 Å². The summed E-state index contributed by atoms with van der Waals surface area (Å²) in [6.07, 6.45) is 1.76. The quantitative estimate of drug-likeness (QED) is 0.746. The lowest BCUT2D eigenvalue weighted by Gasteiger charge is -2.32. The van der Waals surface area contributed by atoms with Crippen molar-refractivity contribution in [1.82, 2.24) is 0 Å². The van der Waals surface area contributed by atoms with E-state index in [9.17, 15) is 10.2 Å². The second kappa shape index (κ2) is 3.83. The molecule has 76 valence electrons. The van der Waals surface area contributed by atoms with E-state index in [-0.39, 0.29) is 5.75 Å². The Hall–Kier alpha value is -0.670. The maximum Gasteiger partial charge on any atom is 0.121 e. The van der Waals surface area contributed by atoms with E-state index in [4.69, 9.17) is 0 Å². The Balaban J connectivity index is 2.32. The van der Waals surface area contributed by atoms with Gasteiger partial charge in [0.15, 0.2) is 0 Å². The van der Waals surface area contributed by atoms with Crippen LogP contribution in [-0.2, 0) is 5.60 Å². The van der Waals surface area contributed by atoms with Crippen molar-refractivity contribution in [1.29, 1.82) is 0 Å². The second-order valence-electron chi connectivity index (χ2n) is 3.70. The number of benzene rings is 1. The molecule has 14 heavy (non-hydrogen) atoms. The molecule has 0 saturated carbocycles. The second-order valence-corrected chi connectivity index (χ2v) is 4.81. The third-order valence-corrected chi connectivity index (χ3v) is 3.88. The third kappa shape index (κ3) is 1.74. The third-order valence-electron chi connectivity index (χ3n) is 2.63. The Kier molecular flexibility index (Phi) is 2.70. The van der Waals surface area contributed by atoms with E-state index >= 15 is 0 Å². The Morgan fingerprint density at radius 1 is 1.29 bits per heavy atom. The molecule has 1 aromatic carbocycles. The molecule has 1 aliphatic heterocycles. The lowest BCUT2D eigenvalue weighted by Crippen LogP contribution is -2.31. The van der Waals surface area contributed by atoms with Gasteiger partial charge in [0.2, 0.25) is 0 Å². The summed E-state index contributed by atoms with van der Waals surface area (Å²) >= 11 is 1.74. The van der Waals surface area contributed by atoms with Crippen molar-refractivity contribution in [2.45, 2.75) is 18.4 Å². The average molecular weight is 210 g/mol. The SMILES string of the molecule is Oc1ccccc1C1(O)CCCSC1. The van der Waals surface area contributed by atoms with Crippen LogP contribution < -0.4 is 0 Å². The number of rotatable bonds is 1. The van der Waals surface area contributed by atoms with Gasteiger partial charge in [-0.2, -0.15) is 11.8 Å². The molecule has 1 saturated heterocycles. The number of aromatic hydroxyl groups is 1. The molecule has 1 aliphatic rings. The van der Waals surface area contributed by atoms with E-state index in [1.54, 1.807) is 30.0 Å². The van der Waals surface area contributed by atoms with Gasteiger partial charge in [0, 0.05) is 11.3 Å². The Morgan fingerprint density at radius 3 is 2.71 bits per heavy atom. The van der Waals surface area contributed by atoms with E-state index in [0.717, 1.165) is 18.6 Å². The van der Waals surface area contributed by atoms with Crippen LogP contribution in [0.15, 0.2) is 24.3 Å². The van der Waals surface area contributed by atoms with E-state index in [2.05, 4.69) is 0 Å². The van der Waals surface area contributed by atoms with Crippen molar-refractivity contribution in [2.75, 3.05) is 11.5 Å². The molecule has 0 bridgehead atoms. The Bertz CT molecular complexity index is 319. The topological polar surface area (TPSA) is 40.5 Å². The standard InChI is InChI=1S/C11H14O2S/c12-10-5-2-1-4-9(10)11(13)6-3-7-14-8-11/h1-2,4-5,12-13H,3,6-8H2. The molecule has 1 heterocycles. The van der Waals surface area contributed by atoms with Crippen LogP contribution in [-0.4, -0.2) is 21.7 Å². The maximum atomic E-state index is 10.3. The first-order valence-electron chi connectivity index (χ1n) is 4.81. The summed E-state index contributed by atoms with van der Waals surface area (Å²) < 4.78 is 0. The molecule has 0 amide bonds. The van der Waals surface area contributed by atoms with Gasteiger partial charge in [-0.1, -0.05) is 18.2 Å². The molecule has 0 spiro atoms. The number of thioether (sulfide) groups is 1. The van der Waals surface area contributed by atoms with Crippen LogP contribution in [0.25, 0.3) is 0 Å². The highest BCUT2D eigenvalue weighted by atomic mass is 32.2. The summed E-state index contributed by atoms with van der Waals surface area (Å²) in [6.45, 7) is 0. The molecule has 2 N–H and O–H groups in total. The van der Waals surface area contributed by atoms with Gasteiger partial charge in [-0.25, -0.2) is 0 Å². The number of hydrogen-bond donors (Lipinski definition) is 2. The van der Waals surface area contributed by atoms with Crippen LogP contribution in [0.4, 0.5) is 0 Å². The van der Waals surface area contributed by atoms with Crippen LogP contribution in [0.2, 0.25) is 0 Å². The molecule has 1 atom stereocenters. The van der Waals surface area contributed by atoms with Gasteiger partial charge in [-0.05, 0) is 24.7 Å². The molecule has 0 radical (unpaired) electrons. The van der Waals surface area contributed by atoms with E-state index in [1.807, 2.05) is 6.07 Å². The summed E-state index contributed by atoms with van der Waals surface area (Å²) in [4.78, 5) is 0. The molecule has 0 aliphatic carbocycles. The predicted octanol–water partition coefficient (Wildman–Crippen LogP) is 2.11. The summed E-state index contributed by atoms with van der Waals surface area (Å²) in [6, 6.07) is 7.07. The largest absolute Gasteiger partial charge is 0.508 e. The van der Waals surface area contributed by atoms with Crippen LogP contribution in [0, 0.1) is 0 Å². The number of hydrogen-bond acceptors (Lipinski definition) is 3. The molecular formula is C11H14O2S. The van der Waals surface area contributed by atoms with Crippen LogP contribution in [0.5, 0.6) is 5.75 Å². The zero-order chi connectivity index (χ0) is 10.0. The summed E-state index contributed by atoms with van der Waals surface area (Å²) in [5.41, 5.74) is -0.152. The van der Waals surface area contributed by atoms with Crippen molar-refractivity contribution >= 4 is 11.8 Å². The first-order chi connectivity index (χ1) is 6.72. The molecule has 2 nitrogen and oxygen atoms in total. The van der Waals surface area contributed by atoms with Gasteiger partial charge in [0.05, 0.1) is 0 Å². The van der Waals surface area contributed by atoms with Crippen molar-refractivity contribution in [2.24, 2.45) is 0 Å². The smallest absolute Gasteiger partial charge is 0.121 e. The van der Waals surface area contributed by atoms with Gasteiger partial charge in [0.25, 0.3) is 0 Å². The van der Waals surface area contributed by atoms with Crippen LogP contribution in [0.1, 0.15) is 18.4 Å². The minimum absolute atomic E-state index is 0.206. The van der Waals surface area contributed by atoms with Gasteiger partial charge in [-0.15, -0.1) is 0 Å². The maximum absolute atomic E-state index is 10.3. The molecule has 1 unspecified atom stereocenters. The lowest BCUT2D eigenvalue weighted by atomic mass is 9.90. The minimum atomic E-state index is -0.825. The van der Waals surface area contributed by atoms with Gasteiger partial charge >= 0.3 is 0 Å². The van der Waals surface area contributed by atoms with Crippen LogP contribution in [0.3, 0.4) is 0 Å². The fourth-order valence-corrected chi connectivity index (χ4v) is 2.99. The summed E-state index contributed by atoms with van der Waals surface area (Å²) in [5.74, 6) is 2.00. The molecular weight excluding hydrogens is 196 g/mol. The first-order valence-corrected chi connectivity index (χ1v) is 5.96. The predicted molar refractivity (Wildman–Crippen MR) is 58.6 cm³/mol. The summed E-state index contributed by atoms with van der Waals surface area (Å²) in [7, 11) is 0. The average Bonchev–Trinajstić information content (AvgIpc) is 2.19. The van der Waals surface area contributed by atoms with E-state index in [1.165, 1.54) is 0 Å². The highest BCUT2D eigenvalue weighted by molar-refractivity contribution is 7.99. The molecule has 2 rings (SSSR count). The molecule has 3 heteroatoms. The molecule has 1 aromatic rings. The minimum Gasteiger partial charge on any atom is -0.508 e. The monoisotopic (exact) mass is 210 g/mol. The number of phenols is 1. The lowest BCUT2D eigenvalue weighted by molar-refractivity contribution is 0.0471. The number of aliphatic hydroxyl groups is 1. The van der Waals surface area contributed by atoms with E-state index in [0.29, 0.717) is 11.3 Å². The van der Waals surface area contributed by atoms with Crippen molar-refractivity contribution in [3.63, 3.8) is 0 Å². The van der Waals surface area contributed by atoms with Crippen molar-refractivity contribution in [3.8, 4) is 5.75 Å². The fraction of sp³-hybridized carbons (Fsp3) is 0.455. The molecule has 1 fully saturated rings. The number of phenolic OH excluding ortho intramolecular Hbond substituents is 1. The zero-order valence-corrected chi connectivity index (χ0v) is 8.76. The van der Waals surface area contributed by atoms with Crippen molar-refractivity contribution in [3.05, 3.63) is 29.8 Å². The molecule has 0 aromatic heterocycles. The number of para-hydroxylation sites is 1. The van der Waals surface area contributed by atoms with E-state index < -0.39 is 5.60 Å². The fourth-order valence-electron chi connectivity index (χ4n) is 1.86. The van der Waals surface area contributed by atoms with Crippen LogP contribution >= 0.6 is 11.8 Å². The highest BCUT2D eigenvalue weighted by Gasteiger charge is 2.33. The first kappa shape index (κ1) is 9.87. The van der Waals surface area contributed by atoms with Gasteiger partial charge < -0.3 is 10.2 Å². The van der Waals surface area contributed by atoms with Gasteiger partial charge in [0.1, 0.15) is 11.4 Å².